The normalized spacial score (nSPS) is 15.0. The summed E-state index contributed by atoms with van der Waals surface area (Å²) in [6.07, 6.45) is -1.07. The van der Waals surface area contributed by atoms with Gasteiger partial charge in [-0.25, -0.2) is 9.78 Å². The van der Waals surface area contributed by atoms with Crippen molar-refractivity contribution in [3.8, 4) is 0 Å². The highest BCUT2D eigenvalue weighted by Crippen LogP contribution is 2.32. The molecule has 0 unspecified atom stereocenters. The van der Waals surface area contributed by atoms with Gasteiger partial charge in [0.05, 0.1) is 5.69 Å². The van der Waals surface area contributed by atoms with Crippen molar-refractivity contribution in [1.82, 2.24) is 15.3 Å². The molecule has 3 heterocycles. The molecule has 33 heavy (non-hydrogen) atoms. The summed E-state index contributed by atoms with van der Waals surface area (Å²) < 4.78 is 39.8. The number of pyridine rings is 2. The molecule has 4 rings (SSSR count). The highest BCUT2D eigenvalue weighted by atomic mass is 19.4. The highest BCUT2D eigenvalue weighted by molar-refractivity contribution is 6.02. The number of carbonyl (C=O) groups is 1. The van der Waals surface area contributed by atoms with Crippen LogP contribution in [0.2, 0.25) is 0 Å². The van der Waals surface area contributed by atoms with Crippen LogP contribution in [0.3, 0.4) is 0 Å². The first-order valence-electron chi connectivity index (χ1n) is 10.9. The van der Waals surface area contributed by atoms with Crippen molar-refractivity contribution >= 4 is 28.3 Å². The topological polar surface area (TPSA) is 70.1 Å². The SMILES string of the molecule is Cc1nccc2c(NC(=O)NCc3ccc(C(F)(F)F)nc3N3CCC(C)CC3)cccc12. The summed E-state index contributed by atoms with van der Waals surface area (Å²) in [6.45, 7) is 5.36. The second kappa shape index (κ2) is 9.25. The number of nitrogens with one attached hydrogen (secondary N) is 2. The van der Waals surface area contributed by atoms with Crippen LogP contribution in [-0.4, -0.2) is 29.1 Å². The van der Waals surface area contributed by atoms with E-state index in [4.69, 9.17) is 0 Å². The average molecular weight is 458 g/mol. The number of aromatic nitrogens is 2. The molecule has 1 aliphatic rings. The largest absolute Gasteiger partial charge is 0.433 e. The fraction of sp³-hybridized carbons (Fsp3) is 0.375. The lowest BCUT2D eigenvalue weighted by atomic mass is 9.99. The zero-order chi connectivity index (χ0) is 23.6. The zero-order valence-corrected chi connectivity index (χ0v) is 18.5. The predicted molar refractivity (Wildman–Crippen MR) is 122 cm³/mol. The molecule has 0 radical (unpaired) electrons. The Hall–Kier alpha value is -3.36. The number of rotatable bonds is 4. The molecule has 0 bridgehead atoms. The van der Waals surface area contributed by atoms with Crippen LogP contribution in [-0.2, 0) is 12.7 Å². The first-order chi connectivity index (χ1) is 15.7. The lowest BCUT2D eigenvalue weighted by molar-refractivity contribution is -0.141. The first-order valence-corrected chi connectivity index (χ1v) is 10.9. The van der Waals surface area contributed by atoms with Gasteiger partial charge in [0.15, 0.2) is 0 Å². The Labute approximate surface area is 190 Å². The molecular formula is C24H26F3N5O. The van der Waals surface area contributed by atoms with Crippen molar-refractivity contribution in [1.29, 1.82) is 0 Å². The lowest BCUT2D eigenvalue weighted by Gasteiger charge is -2.33. The van der Waals surface area contributed by atoms with Gasteiger partial charge in [-0.15, -0.1) is 0 Å². The first kappa shape index (κ1) is 22.8. The number of anilines is 2. The predicted octanol–water partition coefficient (Wildman–Crippen LogP) is 5.52. The van der Waals surface area contributed by atoms with Gasteiger partial charge in [0, 0.05) is 47.9 Å². The van der Waals surface area contributed by atoms with E-state index in [1.165, 1.54) is 6.07 Å². The molecule has 3 aromatic rings. The molecule has 0 aliphatic carbocycles. The Kier molecular flexibility index (Phi) is 6.40. The van der Waals surface area contributed by atoms with Gasteiger partial charge in [-0.1, -0.05) is 25.1 Å². The van der Waals surface area contributed by atoms with Gasteiger partial charge in [0.25, 0.3) is 0 Å². The molecule has 2 N–H and O–H groups in total. The third-order valence-electron chi connectivity index (χ3n) is 6.02. The standard InChI is InChI=1S/C24H26F3N5O/c1-15-9-12-32(13-10-15)22-17(6-7-21(31-22)24(25,26)27)14-29-23(33)30-20-5-3-4-18-16(2)28-11-8-19(18)20/h3-8,11,15H,9-10,12-14H2,1-2H3,(H2,29,30,33). The van der Waals surface area contributed by atoms with Crippen molar-refractivity contribution in [3.63, 3.8) is 0 Å². The van der Waals surface area contributed by atoms with Crippen LogP contribution in [0.15, 0.2) is 42.6 Å². The average Bonchev–Trinajstić information content (AvgIpc) is 2.78. The second-order valence-corrected chi connectivity index (χ2v) is 8.45. The van der Waals surface area contributed by atoms with Gasteiger partial charge in [-0.05, 0) is 43.9 Å². The summed E-state index contributed by atoms with van der Waals surface area (Å²) in [6, 6.07) is 9.30. The molecule has 1 aliphatic heterocycles. The number of hydrogen-bond donors (Lipinski definition) is 2. The van der Waals surface area contributed by atoms with Gasteiger partial charge < -0.3 is 15.5 Å². The minimum atomic E-state index is -4.53. The van der Waals surface area contributed by atoms with E-state index in [0.29, 0.717) is 30.3 Å². The maximum Gasteiger partial charge on any atom is 0.433 e. The Balaban J connectivity index is 1.52. The Morgan fingerprint density at radius 1 is 1.12 bits per heavy atom. The van der Waals surface area contributed by atoms with Crippen molar-refractivity contribution in [2.45, 2.75) is 39.4 Å². The number of alkyl halides is 3. The van der Waals surface area contributed by atoms with E-state index in [1.54, 1.807) is 12.3 Å². The van der Waals surface area contributed by atoms with E-state index in [9.17, 15) is 18.0 Å². The number of fused-ring (bicyclic) bond motifs is 1. The van der Waals surface area contributed by atoms with E-state index in [1.807, 2.05) is 30.0 Å². The van der Waals surface area contributed by atoms with E-state index in [-0.39, 0.29) is 12.4 Å². The molecule has 2 aromatic heterocycles. The minimum absolute atomic E-state index is 0.0592. The number of hydrogen-bond acceptors (Lipinski definition) is 4. The molecule has 1 fully saturated rings. The highest BCUT2D eigenvalue weighted by Gasteiger charge is 2.34. The Bertz CT molecular complexity index is 1160. The van der Waals surface area contributed by atoms with E-state index < -0.39 is 17.9 Å². The summed E-state index contributed by atoms with van der Waals surface area (Å²) in [5, 5.41) is 7.39. The molecule has 1 saturated heterocycles. The Morgan fingerprint density at radius 2 is 1.88 bits per heavy atom. The van der Waals surface area contributed by atoms with Crippen LogP contribution in [0.1, 0.15) is 36.7 Å². The second-order valence-electron chi connectivity index (χ2n) is 8.45. The smallest absolute Gasteiger partial charge is 0.356 e. The number of amides is 2. The summed E-state index contributed by atoms with van der Waals surface area (Å²) in [7, 11) is 0. The van der Waals surface area contributed by atoms with Crippen molar-refractivity contribution in [3.05, 3.63) is 59.5 Å². The monoisotopic (exact) mass is 457 g/mol. The van der Waals surface area contributed by atoms with Crippen molar-refractivity contribution < 1.29 is 18.0 Å². The molecule has 1 aromatic carbocycles. The van der Waals surface area contributed by atoms with Crippen LogP contribution in [0.5, 0.6) is 0 Å². The van der Waals surface area contributed by atoms with E-state index >= 15 is 0 Å². The van der Waals surface area contributed by atoms with Crippen LogP contribution in [0, 0.1) is 12.8 Å². The van der Waals surface area contributed by atoms with Crippen LogP contribution in [0.25, 0.3) is 10.8 Å². The third kappa shape index (κ3) is 5.18. The van der Waals surface area contributed by atoms with Gasteiger partial charge >= 0.3 is 12.2 Å². The Morgan fingerprint density at radius 3 is 2.61 bits per heavy atom. The van der Waals surface area contributed by atoms with Crippen molar-refractivity contribution in [2.75, 3.05) is 23.3 Å². The van der Waals surface area contributed by atoms with Gasteiger partial charge in [0.2, 0.25) is 0 Å². The molecular weight excluding hydrogens is 431 g/mol. The summed E-state index contributed by atoms with van der Waals surface area (Å²) in [4.78, 5) is 22.7. The molecule has 174 valence electrons. The summed E-state index contributed by atoms with van der Waals surface area (Å²) >= 11 is 0. The van der Waals surface area contributed by atoms with Gasteiger partial charge in [-0.3, -0.25) is 4.98 Å². The lowest BCUT2D eigenvalue weighted by Crippen LogP contribution is -2.35. The number of urea groups is 1. The van der Waals surface area contributed by atoms with Gasteiger partial charge in [-0.2, -0.15) is 13.2 Å². The fourth-order valence-corrected chi connectivity index (χ4v) is 4.07. The van der Waals surface area contributed by atoms with Crippen LogP contribution < -0.4 is 15.5 Å². The molecule has 2 amide bonds. The number of benzene rings is 1. The summed E-state index contributed by atoms with van der Waals surface area (Å²) in [5.41, 5.74) is 1.11. The van der Waals surface area contributed by atoms with Crippen LogP contribution in [0.4, 0.5) is 29.5 Å². The molecule has 0 saturated carbocycles. The van der Waals surface area contributed by atoms with Crippen LogP contribution >= 0.6 is 0 Å². The van der Waals surface area contributed by atoms with E-state index in [0.717, 1.165) is 35.4 Å². The van der Waals surface area contributed by atoms with Gasteiger partial charge in [0.1, 0.15) is 11.5 Å². The third-order valence-corrected chi connectivity index (χ3v) is 6.02. The minimum Gasteiger partial charge on any atom is -0.356 e. The van der Waals surface area contributed by atoms with E-state index in [2.05, 4.69) is 27.5 Å². The number of halogens is 3. The maximum absolute atomic E-state index is 13.3. The molecule has 9 heteroatoms. The number of nitrogens with zero attached hydrogens (tertiary/aromatic N) is 3. The number of piperidine rings is 1. The molecule has 6 nitrogen and oxygen atoms in total. The van der Waals surface area contributed by atoms with Crippen molar-refractivity contribution in [2.24, 2.45) is 5.92 Å². The fourth-order valence-electron chi connectivity index (χ4n) is 4.07. The zero-order valence-electron chi connectivity index (χ0n) is 18.5. The molecule has 0 spiro atoms. The number of aryl methyl sites for hydroxylation is 1. The quantitative estimate of drug-likeness (QED) is 0.542. The number of carbonyl (C=O) groups excluding carboxylic acids is 1. The maximum atomic E-state index is 13.3. The molecule has 0 atom stereocenters. The summed E-state index contributed by atoms with van der Waals surface area (Å²) in [5.74, 6) is 0.808.